The first-order valence-corrected chi connectivity index (χ1v) is 13.8. The topological polar surface area (TPSA) is 133 Å². The summed E-state index contributed by atoms with van der Waals surface area (Å²) in [6.45, 7) is 9.20. The molecule has 1 aromatic heterocycles. The van der Waals surface area contributed by atoms with Gasteiger partial charge in [0.15, 0.2) is 0 Å². The van der Waals surface area contributed by atoms with Crippen molar-refractivity contribution in [2.75, 3.05) is 26.3 Å². The van der Waals surface area contributed by atoms with E-state index in [1.165, 1.54) is 4.90 Å². The average Bonchev–Trinajstić information content (AvgIpc) is 3.50. The van der Waals surface area contributed by atoms with Gasteiger partial charge in [-0.25, -0.2) is 4.98 Å². The number of aliphatic hydroxyl groups is 1. The number of rotatable bonds is 7. The van der Waals surface area contributed by atoms with Crippen LogP contribution in [0.3, 0.4) is 0 Å². The lowest BCUT2D eigenvalue weighted by Crippen LogP contribution is -2.61. The summed E-state index contributed by atoms with van der Waals surface area (Å²) in [5.41, 5.74) is 4.17. The standard InChI is InChI=1S/C27H37N5O5S/c1-16-22(38-15-30-16)18-7-5-17(6-8-18)12-29-25(35)21-11-19(33)13-32(21)26(36)23(27(2,3)4)31-24(34)20-14-37-10-9-28-20/h5-8,15,19-21,23,28,33H,9-14H2,1-4H3,(H,29,35)(H,31,34)/t19-,20-,21+,23?/m1/s1. The lowest BCUT2D eigenvalue weighted by molar-refractivity contribution is -0.144. The highest BCUT2D eigenvalue weighted by molar-refractivity contribution is 7.13. The minimum Gasteiger partial charge on any atom is -0.391 e. The summed E-state index contributed by atoms with van der Waals surface area (Å²) in [6, 6.07) is 5.66. The smallest absolute Gasteiger partial charge is 0.246 e. The molecule has 2 saturated heterocycles. The third-order valence-electron chi connectivity index (χ3n) is 6.93. The van der Waals surface area contributed by atoms with Crippen LogP contribution in [-0.4, -0.2) is 83.2 Å². The number of benzene rings is 1. The van der Waals surface area contributed by atoms with Gasteiger partial charge in [-0.1, -0.05) is 45.0 Å². The molecule has 206 valence electrons. The van der Waals surface area contributed by atoms with Crippen LogP contribution in [0.4, 0.5) is 0 Å². The number of likely N-dealkylation sites (tertiary alicyclic amines) is 1. The van der Waals surface area contributed by atoms with Gasteiger partial charge in [-0.3, -0.25) is 14.4 Å². The third kappa shape index (κ3) is 6.58. The van der Waals surface area contributed by atoms with Crippen LogP contribution in [0, 0.1) is 12.3 Å². The molecule has 4 N–H and O–H groups in total. The zero-order chi connectivity index (χ0) is 27.4. The molecule has 2 fully saturated rings. The van der Waals surface area contributed by atoms with E-state index in [0.29, 0.717) is 19.7 Å². The number of nitrogens with one attached hydrogen (secondary N) is 3. The van der Waals surface area contributed by atoms with Crippen molar-refractivity contribution < 1.29 is 24.2 Å². The van der Waals surface area contributed by atoms with Crippen LogP contribution in [0.25, 0.3) is 10.4 Å². The number of carbonyl (C=O) groups excluding carboxylic acids is 3. The largest absolute Gasteiger partial charge is 0.391 e. The van der Waals surface area contributed by atoms with Crippen LogP contribution in [-0.2, 0) is 25.7 Å². The van der Waals surface area contributed by atoms with E-state index in [1.54, 1.807) is 11.3 Å². The fourth-order valence-electron chi connectivity index (χ4n) is 4.76. The quantitative estimate of drug-likeness (QED) is 0.413. The van der Waals surface area contributed by atoms with E-state index in [1.807, 2.05) is 57.5 Å². The number of aryl methyl sites for hydroxylation is 1. The normalized spacial score (nSPS) is 22.7. The number of amides is 3. The molecule has 3 amide bonds. The van der Waals surface area contributed by atoms with E-state index >= 15 is 0 Å². The fourth-order valence-corrected chi connectivity index (χ4v) is 5.57. The SMILES string of the molecule is Cc1ncsc1-c1ccc(CNC(=O)[C@@H]2C[C@@H](O)CN2C(=O)C(NC(=O)[C@H]2COCCN2)C(C)(C)C)cc1. The van der Waals surface area contributed by atoms with E-state index in [4.69, 9.17) is 4.74 Å². The van der Waals surface area contributed by atoms with Gasteiger partial charge in [0.05, 0.1) is 35.4 Å². The average molecular weight is 544 g/mol. The van der Waals surface area contributed by atoms with Gasteiger partial charge in [0, 0.05) is 26.1 Å². The van der Waals surface area contributed by atoms with Gasteiger partial charge in [-0.2, -0.15) is 0 Å². The number of hydrogen-bond acceptors (Lipinski definition) is 8. The second kappa shape index (κ2) is 11.9. The van der Waals surface area contributed by atoms with Gasteiger partial charge in [0.2, 0.25) is 17.7 Å². The van der Waals surface area contributed by atoms with Gasteiger partial charge in [-0.05, 0) is 23.5 Å². The molecular formula is C27H37N5O5S. The minimum absolute atomic E-state index is 0.0348. The molecule has 0 bridgehead atoms. The van der Waals surface area contributed by atoms with E-state index < -0.39 is 29.6 Å². The van der Waals surface area contributed by atoms with Crippen molar-refractivity contribution in [2.24, 2.45) is 5.41 Å². The zero-order valence-electron chi connectivity index (χ0n) is 22.3. The van der Waals surface area contributed by atoms with Crippen molar-refractivity contribution >= 4 is 29.1 Å². The monoisotopic (exact) mass is 543 g/mol. The molecule has 1 unspecified atom stereocenters. The second-order valence-corrected chi connectivity index (χ2v) is 11.8. The van der Waals surface area contributed by atoms with E-state index in [9.17, 15) is 19.5 Å². The van der Waals surface area contributed by atoms with Crippen LogP contribution in [0.5, 0.6) is 0 Å². The van der Waals surface area contributed by atoms with E-state index in [2.05, 4.69) is 20.9 Å². The van der Waals surface area contributed by atoms with Crippen LogP contribution < -0.4 is 16.0 Å². The summed E-state index contributed by atoms with van der Waals surface area (Å²) in [5.74, 6) is -1.04. The molecule has 1 aromatic carbocycles. The summed E-state index contributed by atoms with van der Waals surface area (Å²) in [5, 5.41) is 19.3. The van der Waals surface area contributed by atoms with Gasteiger partial charge < -0.3 is 30.7 Å². The molecule has 4 rings (SSSR count). The van der Waals surface area contributed by atoms with Crippen molar-refractivity contribution in [3.63, 3.8) is 0 Å². The first-order valence-electron chi connectivity index (χ1n) is 12.9. The number of hydrogen-bond donors (Lipinski definition) is 4. The number of ether oxygens (including phenoxy) is 1. The summed E-state index contributed by atoms with van der Waals surface area (Å²) in [4.78, 5) is 46.5. The van der Waals surface area contributed by atoms with Crippen LogP contribution >= 0.6 is 11.3 Å². The summed E-state index contributed by atoms with van der Waals surface area (Å²) < 4.78 is 5.38. The number of carbonyl (C=O) groups is 3. The van der Waals surface area contributed by atoms with Crippen molar-refractivity contribution in [1.29, 1.82) is 0 Å². The van der Waals surface area contributed by atoms with Crippen LogP contribution in [0.2, 0.25) is 0 Å². The maximum atomic E-state index is 13.7. The fraction of sp³-hybridized carbons (Fsp3) is 0.556. The van der Waals surface area contributed by atoms with Crippen molar-refractivity contribution in [3.05, 3.63) is 41.0 Å². The Hall–Kier alpha value is -2.86. The molecule has 10 nitrogen and oxygen atoms in total. The predicted octanol–water partition coefficient (Wildman–Crippen LogP) is 1.22. The van der Waals surface area contributed by atoms with Crippen LogP contribution in [0.15, 0.2) is 29.8 Å². The van der Waals surface area contributed by atoms with Crippen molar-refractivity contribution in [1.82, 2.24) is 25.8 Å². The number of aromatic nitrogens is 1. The maximum Gasteiger partial charge on any atom is 0.246 e. The molecule has 3 heterocycles. The van der Waals surface area contributed by atoms with Gasteiger partial charge in [0.25, 0.3) is 0 Å². The predicted molar refractivity (Wildman–Crippen MR) is 144 cm³/mol. The number of β-amino-alcohol motifs (C(OH)–C–C–N with tert-alkyl or cyclic N) is 1. The summed E-state index contributed by atoms with van der Waals surface area (Å²) in [6.07, 6.45) is -0.675. The highest BCUT2D eigenvalue weighted by atomic mass is 32.1. The number of aliphatic hydroxyl groups excluding tert-OH is 1. The van der Waals surface area contributed by atoms with Gasteiger partial charge in [-0.15, -0.1) is 11.3 Å². The highest BCUT2D eigenvalue weighted by Crippen LogP contribution is 2.28. The van der Waals surface area contributed by atoms with E-state index in [0.717, 1.165) is 21.7 Å². The highest BCUT2D eigenvalue weighted by Gasteiger charge is 2.45. The second-order valence-electron chi connectivity index (χ2n) is 11.0. The molecular weight excluding hydrogens is 506 g/mol. The Bertz CT molecular complexity index is 1140. The molecule has 0 aliphatic carbocycles. The van der Waals surface area contributed by atoms with Crippen molar-refractivity contribution in [3.8, 4) is 10.4 Å². The Kier molecular flexibility index (Phi) is 8.81. The lowest BCUT2D eigenvalue weighted by Gasteiger charge is -2.36. The number of morpholine rings is 1. The molecule has 0 saturated carbocycles. The lowest BCUT2D eigenvalue weighted by atomic mass is 9.85. The van der Waals surface area contributed by atoms with Crippen molar-refractivity contribution in [2.45, 2.75) is 64.9 Å². The van der Waals surface area contributed by atoms with E-state index in [-0.39, 0.29) is 37.3 Å². The Labute approximate surface area is 227 Å². The molecule has 2 aliphatic heterocycles. The minimum atomic E-state index is -0.873. The molecule has 11 heteroatoms. The number of thiazole rings is 1. The molecule has 0 spiro atoms. The first-order chi connectivity index (χ1) is 18.0. The molecule has 4 atom stereocenters. The Morgan fingerprint density at radius 2 is 1.97 bits per heavy atom. The molecule has 0 radical (unpaired) electrons. The summed E-state index contributed by atoms with van der Waals surface area (Å²) >= 11 is 1.58. The summed E-state index contributed by atoms with van der Waals surface area (Å²) in [7, 11) is 0. The van der Waals surface area contributed by atoms with Crippen LogP contribution in [0.1, 0.15) is 38.4 Å². The zero-order valence-corrected chi connectivity index (χ0v) is 23.1. The Balaban J connectivity index is 1.41. The van der Waals surface area contributed by atoms with Gasteiger partial charge >= 0.3 is 0 Å². The maximum absolute atomic E-state index is 13.7. The molecule has 38 heavy (non-hydrogen) atoms. The Morgan fingerprint density at radius 1 is 1.24 bits per heavy atom. The molecule has 2 aromatic rings. The van der Waals surface area contributed by atoms with Gasteiger partial charge in [0.1, 0.15) is 18.1 Å². The first kappa shape index (κ1) is 28.2. The third-order valence-corrected chi connectivity index (χ3v) is 7.91. The molecule has 2 aliphatic rings. The number of nitrogens with zero attached hydrogens (tertiary/aromatic N) is 2. The Morgan fingerprint density at radius 3 is 2.58 bits per heavy atom.